The molecule has 1 fully saturated rings. The molecule has 0 spiro atoms. The monoisotopic (exact) mass is 285 g/mol. The van der Waals surface area contributed by atoms with Gasteiger partial charge < -0.3 is 9.72 Å². The summed E-state index contributed by atoms with van der Waals surface area (Å²) < 4.78 is 19.6. The Morgan fingerprint density at radius 2 is 2.19 bits per heavy atom. The molecule has 0 amide bonds. The first-order chi connectivity index (χ1) is 10.2. The molecule has 0 atom stereocenters. The fourth-order valence-corrected chi connectivity index (χ4v) is 2.36. The van der Waals surface area contributed by atoms with Gasteiger partial charge in [-0.1, -0.05) is 12.1 Å². The maximum absolute atomic E-state index is 13.1. The quantitative estimate of drug-likeness (QED) is 0.805. The highest BCUT2D eigenvalue weighted by atomic mass is 19.1. The summed E-state index contributed by atoms with van der Waals surface area (Å²) >= 11 is 0. The van der Waals surface area contributed by atoms with Crippen LogP contribution in [0.15, 0.2) is 41.3 Å². The molecule has 1 aromatic carbocycles. The number of ether oxygens (including phenoxy) is 1. The van der Waals surface area contributed by atoms with Crippen molar-refractivity contribution in [2.24, 2.45) is 0 Å². The third-order valence-corrected chi connectivity index (χ3v) is 3.57. The topological polar surface area (TPSA) is 59.4 Å². The van der Waals surface area contributed by atoms with Gasteiger partial charge in [-0.05, 0) is 36.5 Å². The van der Waals surface area contributed by atoms with E-state index in [-0.39, 0.29) is 11.4 Å². The lowest BCUT2D eigenvalue weighted by molar-refractivity contribution is 0.467. The van der Waals surface area contributed by atoms with Gasteiger partial charge in [-0.15, -0.1) is 5.10 Å². The molecule has 0 aliphatic heterocycles. The highest BCUT2D eigenvalue weighted by Gasteiger charge is 2.23. The Morgan fingerprint density at radius 3 is 3.00 bits per heavy atom. The minimum atomic E-state index is -0.712. The van der Waals surface area contributed by atoms with Crippen LogP contribution in [0.4, 0.5) is 4.39 Å². The normalized spacial score (nSPS) is 14.5. The Kier molecular flexibility index (Phi) is 2.57. The summed E-state index contributed by atoms with van der Waals surface area (Å²) in [6.45, 7) is 0. The molecule has 0 bridgehead atoms. The van der Waals surface area contributed by atoms with E-state index in [0.29, 0.717) is 11.7 Å². The van der Waals surface area contributed by atoms with Crippen LogP contribution in [0, 0.1) is 5.95 Å². The molecule has 1 aliphatic rings. The molecular weight excluding hydrogens is 273 g/mol. The van der Waals surface area contributed by atoms with Gasteiger partial charge in [0.15, 0.2) is 0 Å². The van der Waals surface area contributed by atoms with Crippen molar-refractivity contribution in [1.82, 2.24) is 14.6 Å². The first-order valence-corrected chi connectivity index (χ1v) is 6.75. The molecule has 4 rings (SSSR count). The van der Waals surface area contributed by atoms with E-state index in [1.807, 2.05) is 12.1 Å². The predicted octanol–water partition coefficient (Wildman–Crippen LogP) is 2.83. The van der Waals surface area contributed by atoms with Crippen molar-refractivity contribution in [3.05, 3.63) is 58.4 Å². The van der Waals surface area contributed by atoms with Crippen molar-refractivity contribution in [2.45, 2.75) is 18.8 Å². The summed E-state index contributed by atoms with van der Waals surface area (Å²) in [5.74, 6) is 0.571. The average molecular weight is 285 g/mol. The van der Waals surface area contributed by atoms with Crippen LogP contribution in [0.2, 0.25) is 0 Å². The zero-order valence-corrected chi connectivity index (χ0v) is 11.0. The number of benzene rings is 1. The zero-order chi connectivity index (χ0) is 14.4. The zero-order valence-electron chi connectivity index (χ0n) is 11.0. The van der Waals surface area contributed by atoms with Crippen LogP contribution in [0.3, 0.4) is 0 Å². The first-order valence-electron chi connectivity index (χ1n) is 6.75. The molecule has 3 aromatic rings. The van der Waals surface area contributed by atoms with Crippen LogP contribution in [-0.4, -0.2) is 14.6 Å². The molecule has 0 radical (unpaired) electrons. The molecule has 1 N–H and O–H groups in total. The predicted molar refractivity (Wildman–Crippen MR) is 74.3 cm³/mol. The molecule has 21 heavy (non-hydrogen) atoms. The van der Waals surface area contributed by atoms with E-state index in [2.05, 4.69) is 16.1 Å². The Balaban J connectivity index is 1.72. The first kappa shape index (κ1) is 12.1. The van der Waals surface area contributed by atoms with E-state index >= 15 is 0 Å². The summed E-state index contributed by atoms with van der Waals surface area (Å²) in [4.78, 5) is 15.0. The Labute approximate surface area is 119 Å². The van der Waals surface area contributed by atoms with Crippen LogP contribution >= 0.6 is 0 Å². The third kappa shape index (κ3) is 2.18. The van der Waals surface area contributed by atoms with Crippen LogP contribution < -0.4 is 10.3 Å². The number of hydrogen-bond acceptors (Lipinski definition) is 3. The van der Waals surface area contributed by atoms with Crippen LogP contribution in [0.1, 0.15) is 24.3 Å². The summed E-state index contributed by atoms with van der Waals surface area (Å²) in [6, 6.07) is 8.84. The fourth-order valence-electron chi connectivity index (χ4n) is 2.36. The van der Waals surface area contributed by atoms with Crippen molar-refractivity contribution in [3.8, 4) is 11.5 Å². The lowest BCUT2D eigenvalue weighted by atomic mass is 10.1. The number of nitrogens with zero attached hydrogens (tertiary/aromatic N) is 2. The summed E-state index contributed by atoms with van der Waals surface area (Å²) in [7, 11) is 0. The number of aromatic nitrogens is 3. The lowest BCUT2D eigenvalue weighted by Crippen LogP contribution is -2.16. The van der Waals surface area contributed by atoms with Gasteiger partial charge in [0, 0.05) is 6.07 Å². The van der Waals surface area contributed by atoms with Crippen molar-refractivity contribution in [3.63, 3.8) is 0 Å². The standard InChI is InChI=1S/C15H12FN3O2/c16-13-7-14-17-8-12(15(20)19(14)18-13)21-11-3-1-2-10(6-11)9-4-5-9/h1-3,6-9,17H,4-5H2. The maximum atomic E-state index is 13.1. The van der Waals surface area contributed by atoms with E-state index in [1.54, 1.807) is 6.07 Å². The summed E-state index contributed by atoms with van der Waals surface area (Å²) in [5.41, 5.74) is 1.01. The van der Waals surface area contributed by atoms with Crippen molar-refractivity contribution >= 4 is 5.65 Å². The summed E-state index contributed by atoms with van der Waals surface area (Å²) in [5, 5.41) is 3.50. The Hall–Kier alpha value is -2.63. The van der Waals surface area contributed by atoms with Gasteiger partial charge in [-0.25, -0.2) is 0 Å². The van der Waals surface area contributed by atoms with E-state index in [4.69, 9.17) is 4.74 Å². The molecule has 2 aromatic heterocycles. The number of H-pyrrole nitrogens is 1. The highest BCUT2D eigenvalue weighted by Crippen LogP contribution is 2.41. The number of nitrogens with one attached hydrogen (secondary N) is 1. The van der Waals surface area contributed by atoms with Gasteiger partial charge in [0.2, 0.25) is 11.7 Å². The minimum Gasteiger partial charge on any atom is -0.450 e. The Bertz CT molecular complexity index is 880. The second kappa shape index (κ2) is 4.44. The average Bonchev–Trinajstić information content (AvgIpc) is 3.25. The second-order valence-corrected chi connectivity index (χ2v) is 5.17. The number of aromatic amines is 1. The van der Waals surface area contributed by atoms with Gasteiger partial charge in [0.05, 0.1) is 6.20 Å². The third-order valence-electron chi connectivity index (χ3n) is 3.57. The molecular formula is C15H12FN3O2. The van der Waals surface area contributed by atoms with Gasteiger partial charge >= 0.3 is 5.56 Å². The fraction of sp³-hybridized carbons (Fsp3) is 0.200. The summed E-state index contributed by atoms with van der Waals surface area (Å²) in [6.07, 6.45) is 3.81. The number of halogens is 1. The van der Waals surface area contributed by atoms with Gasteiger partial charge in [0.1, 0.15) is 11.4 Å². The molecule has 1 saturated carbocycles. The highest BCUT2D eigenvalue weighted by molar-refractivity contribution is 5.40. The second-order valence-electron chi connectivity index (χ2n) is 5.17. The number of hydrogen-bond donors (Lipinski definition) is 1. The molecule has 106 valence electrons. The van der Waals surface area contributed by atoms with Gasteiger partial charge in [-0.3, -0.25) is 4.79 Å². The van der Waals surface area contributed by atoms with Crippen LogP contribution in [-0.2, 0) is 0 Å². The van der Waals surface area contributed by atoms with Crippen LogP contribution in [0.5, 0.6) is 11.5 Å². The van der Waals surface area contributed by atoms with Crippen molar-refractivity contribution < 1.29 is 9.13 Å². The van der Waals surface area contributed by atoms with Gasteiger partial charge in [0.25, 0.3) is 0 Å². The molecule has 0 saturated heterocycles. The van der Waals surface area contributed by atoms with E-state index in [1.165, 1.54) is 24.6 Å². The minimum absolute atomic E-state index is 0.0820. The van der Waals surface area contributed by atoms with E-state index < -0.39 is 11.5 Å². The molecule has 2 heterocycles. The van der Waals surface area contributed by atoms with Gasteiger partial charge in [-0.2, -0.15) is 8.91 Å². The SMILES string of the molecule is O=c1c(Oc2cccc(C3CC3)c2)c[nH]c2cc(F)nn12. The molecule has 1 aliphatic carbocycles. The van der Waals surface area contributed by atoms with E-state index in [0.717, 1.165) is 10.6 Å². The Morgan fingerprint density at radius 1 is 1.33 bits per heavy atom. The largest absolute Gasteiger partial charge is 0.450 e. The number of fused-ring (bicyclic) bond motifs is 1. The van der Waals surface area contributed by atoms with Crippen molar-refractivity contribution in [1.29, 1.82) is 0 Å². The maximum Gasteiger partial charge on any atom is 0.317 e. The van der Waals surface area contributed by atoms with Crippen molar-refractivity contribution in [2.75, 3.05) is 0 Å². The van der Waals surface area contributed by atoms with Crippen LogP contribution in [0.25, 0.3) is 5.65 Å². The number of rotatable bonds is 3. The molecule has 6 heteroatoms. The smallest absolute Gasteiger partial charge is 0.317 e. The molecule has 5 nitrogen and oxygen atoms in total. The van der Waals surface area contributed by atoms with E-state index in [9.17, 15) is 9.18 Å². The lowest BCUT2D eigenvalue weighted by Gasteiger charge is -2.06. The molecule has 0 unspecified atom stereocenters.